The van der Waals surface area contributed by atoms with Crippen LogP contribution in [0.4, 0.5) is 0 Å². The highest BCUT2D eigenvalue weighted by atomic mass is 16.5. The summed E-state index contributed by atoms with van der Waals surface area (Å²) in [6.07, 6.45) is 0.612. The maximum absolute atomic E-state index is 13.1. The molecule has 180 valence electrons. The summed E-state index contributed by atoms with van der Waals surface area (Å²) in [5.41, 5.74) is 0.765. The minimum atomic E-state index is -0.850. The molecule has 2 aromatic rings. The lowest BCUT2D eigenvalue weighted by Crippen LogP contribution is -2.30. The van der Waals surface area contributed by atoms with E-state index in [-0.39, 0.29) is 22.6 Å². The molecule has 0 bridgehead atoms. The van der Waals surface area contributed by atoms with E-state index >= 15 is 0 Å². The van der Waals surface area contributed by atoms with Gasteiger partial charge in [-0.15, -0.1) is 0 Å². The Morgan fingerprint density at radius 3 is 2.38 bits per heavy atom. The number of carbonyl (C=O) groups is 3. The molecule has 8 heteroatoms. The molecule has 1 unspecified atom stereocenters. The molecule has 0 spiro atoms. The predicted octanol–water partition coefficient (Wildman–Crippen LogP) is 4.24. The Kier molecular flexibility index (Phi) is 7.94. The lowest BCUT2D eigenvalue weighted by atomic mass is 9.94. The van der Waals surface area contributed by atoms with Crippen LogP contribution in [0.3, 0.4) is 0 Å². The van der Waals surface area contributed by atoms with Crippen LogP contribution in [-0.4, -0.2) is 47.4 Å². The standard InChI is InChI=1S/C26H29NO7/c1-5-13-27-23(17-9-8-10-19(14-17)34-16(4)28)22(25(30)26(27)31)24(29)20-12-11-18(32-6-2)15-21(20)33-7-3/h8-12,14-15,23,29H,5-7,13H2,1-4H3/b24-22-. The van der Waals surface area contributed by atoms with Crippen molar-refractivity contribution in [1.29, 1.82) is 0 Å². The zero-order chi connectivity index (χ0) is 24.8. The summed E-state index contributed by atoms with van der Waals surface area (Å²) in [7, 11) is 0. The van der Waals surface area contributed by atoms with Crippen LogP contribution in [0.5, 0.6) is 17.2 Å². The van der Waals surface area contributed by atoms with Gasteiger partial charge in [0.2, 0.25) is 0 Å². The summed E-state index contributed by atoms with van der Waals surface area (Å²) in [5.74, 6) is -1.15. The molecule has 0 radical (unpaired) electrons. The Labute approximate surface area is 198 Å². The van der Waals surface area contributed by atoms with Gasteiger partial charge < -0.3 is 24.2 Å². The average Bonchev–Trinajstić information content (AvgIpc) is 3.04. The highest BCUT2D eigenvalue weighted by molar-refractivity contribution is 6.46. The van der Waals surface area contributed by atoms with Crippen LogP contribution in [0, 0.1) is 0 Å². The van der Waals surface area contributed by atoms with Crippen LogP contribution in [0.15, 0.2) is 48.0 Å². The second kappa shape index (κ2) is 10.9. The van der Waals surface area contributed by atoms with E-state index in [2.05, 4.69) is 0 Å². The second-order valence-corrected chi connectivity index (χ2v) is 7.68. The van der Waals surface area contributed by atoms with Crippen LogP contribution in [0.2, 0.25) is 0 Å². The first-order chi connectivity index (χ1) is 16.3. The first kappa shape index (κ1) is 24.8. The van der Waals surface area contributed by atoms with E-state index in [9.17, 15) is 19.5 Å². The van der Waals surface area contributed by atoms with Gasteiger partial charge in [-0.2, -0.15) is 0 Å². The van der Waals surface area contributed by atoms with Crippen LogP contribution in [-0.2, 0) is 14.4 Å². The van der Waals surface area contributed by atoms with Crippen molar-refractivity contribution in [3.05, 3.63) is 59.2 Å². The molecule has 0 aromatic heterocycles. The van der Waals surface area contributed by atoms with Crippen LogP contribution in [0.25, 0.3) is 5.76 Å². The summed E-state index contributed by atoms with van der Waals surface area (Å²) in [6.45, 7) is 7.94. The largest absolute Gasteiger partial charge is 0.507 e. The lowest BCUT2D eigenvalue weighted by molar-refractivity contribution is -0.139. The van der Waals surface area contributed by atoms with Crippen molar-refractivity contribution in [3.8, 4) is 17.2 Å². The average molecular weight is 468 g/mol. The molecular formula is C26H29NO7. The Morgan fingerprint density at radius 1 is 1.00 bits per heavy atom. The third-order valence-electron chi connectivity index (χ3n) is 5.26. The van der Waals surface area contributed by atoms with Crippen LogP contribution < -0.4 is 14.2 Å². The van der Waals surface area contributed by atoms with Crippen molar-refractivity contribution >= 4 is 23.4 Å². The quantitative estimate of drug-likeness (QED) is 0.193. The van der Waals surface area contributed by atoms with Crippen molar-refractivity contribution in [1.82, 2.24) is 4.90 Å². The number of rotatable bonds is 9. The van der Waals surface area contributed by atoms with E-state index < -0.39 is 23.7 Å². The predicted molar refractivity (Wildman–Crippen MR) is 126 cm³/mol. The summed E-state index contributed by atoms with van der Waals surface area (Å²) < 4.78 is 16.4. The number of aliphatic hydroxyl groups is 1. The number of amides is 1. The number of aliphatic hydroxyl groups excluding tert-OH is 1. The van der Waals surface area contributed by atoms with Gasteiger partial charge in [-0.1, -0.05) is 19.1 Å². The number of likely N-dealkylation sites (tertiary alicyclic amines) is 1. The van der Waals surface area contributed by atoms with Gasteiger partial charge in [-0.3, -0.25) is 14.4 Å². The fraction of sp³-hybridized carbons (Fsp3) is 0.346. The molecule has 34 heavy (non-hydrogen) atoms. The summed E-state index contributed by atoms with van der Waals surface area (Å²) >= 11 is 0. The minimum Gasteiger partial charge on any atom is -0.507 e. The molecule has 1 fully saturated rings. The van der Waals surface area contributed by atoms with Crippen molar-refractivity contribution in [2.45, 2.75) is 40.2 Å². The molecule has 0 aliphatic carbocycles. The first-order valence-corrected chi connectivity index (χ1v) is 11.3. The molecule has 2 aromatic carbocycles. The van der Waals surface area contributed by atoms with Crippen molar-refractivity contribution in [3.63, 3.8) is 0 Å². The fourth-order valence-electron chi connectivity index (χ4n) is 3.99. The minimum absolute atomic E-state index is 0.0523. The normalized spacial score (nSPS) is 17.1. The van der Waals surface area contributed by atoms with E-state index in [1.807, 2.05) is 13.8 Å². The van der Waals surface area contributed by atoms with Gasteiger partial charge >= 0.3 is 5.97 Å². The molecule has 1 N–H and O–H groups in total. The number of ketones is 1. The van der Waals surface area contributed by atoms with E-state index in [0.717, 1.165) is 0 Å². The molecule has 1 aliphatic rings. The Balaban J connectivity index is 2.20. The maximum Gasteiger partial charge on any atom is 0.308 e. The smallest absolute Gasteiger partial charge is 0.308 e. The molecular weight excluding hydrogens is 438 g/mol. The third-order valence-corrected chi connectivity index (χ3v) is 5.26. The summed E-state index contributed by atoms with van der Waals surface area (Å²) in [4.78, 5) is 38.9. The Hall–Kier alpha value is -3.81. The van der Waals surface area contributed by atoms with Gasteiger partial charge in [-0.05, 0) is 50.1 Å². The Morgan fingerprint density at radius 2 is 1.74 bits per heavy atom. The monoisotopic (exact) mass is 467 g/mol. The van der Waals surface area contributed by atoms with E-state index in [4.69, 9.17) is 14.2 Å². The molecule has 1 heterocycles. The summed E-state index contributed by atoms with van der Waals surface area (Å²) in [6, 6.07) is 10.6. The SMILES string of the molecule is CCCN1C(=O)C(=O)/C(=C(\O)c2ccc(OCC)cc2OCC)C1c1cccc(OC(C)=O)c1. The van der Waals surface area contributed by atoms with E-state index in [1.165, 1.54) is 11.8 Å². The number of nitrogens with zero attached hydrogens (tertiary/aromatic N) is 1. The van der Waals surface area contributed by atoms with Gasteiger partial charge in [0.05, 0.1) is 30.4 Å². The number of benzene rings is 2. The first-order valence-electron chi connectivity index (χ1n) is 11.3. The maximum atomic E-state index is 13.1. The highest BCUT2D eigenvalue weighted by Gasteiger charge is 2.46. The number of ether oxygens (including phenoxy) is 3. The van der Waals surface area contributed by atoms with Crippen LogP contribution in [0.1, 0.15) is 51.3 Å². The molecule has 3 rings (SSSR count). The van der Waals surface area contributed by atoms with Crippen LogP contribution >= 0.6 is 0 Å². The van der Waals surface area contributed by atoms with Gasteiger partial charge in [0.1, 0.15) is 23.0 Å². The number of carbonyl (C=O) groups excluding carboxylic acids is 3. The Bertz CT molecular complexity index is 1120. The van der Waals surface area contributed by atoms with Gasteiger partial charge in [0, 0.05) is 19.5 Å². The van der Waals surface area contributed by atoms with E-state index in [0.29, 0.717) is 43.2 Å². The van der Waals surface area contributed by atoms with Crippen molar-refractivity contribution < 1.29 is 33.7 Å². The van der Waals surface area contributed by atoms with Crippen molar-refractivity contribution in [2.24, 2.45) is 0 Å². The zero-order valence-electron chi connectivity index (χ0n) is 19.8. The molecule has 1 atom stereocenters. The van der Waals surface area contributed by atoms with Gasteiger partial charge in [0.15, 0.2) is 0 Å². The molecule has 1 aliphatic heterocycles. The fourth-order valence-corrected chi connectivity index (χ4v) is 3.99. The van der Waals surface area contributed by atoms with Gasteiger partial charge in [-0.25, -0.2) is 0 Å². The molecule has 1 amide bonds. The third kappa shape index (κ3) is 5.06. The second-order valence-electron chi connectivity index (χ2n) is 7.68. The number of esters is 1. The molecule has 1 saturated heterocycles. The number of hydrogen-bond donors (Lipinski definition) is 1. The van der Waals surface area contributed by atoms with E-state index in [1.54, 1.807) is 49.4 Å². The van der Waals surface area contributed by atoms with Gasteiger partial charge in [0.25, 0.3) is 11.7 Å². The molecule has 8 nitrogen and oxygen atoms in total. The zero-order valence-corrected chi connectivity index (χ0v) is 19.8. The van der Waals surface area contributed by atoms with Crippen molar-refractivity contribution in [2.75, 3.05) is 19.8 Å². The topological polar surface area (TPSA) is 102 Å². The lowest BCUT2D eigenvalue weighted by Gasteiger charge is -2.25. The number of Topliss-reactive ketones (excluding diaryl/α,β-unsaturated/α-hetero) is 1. The number of hydrogen-bond acceptors (Lipinski definition) is 7. The molecule has 0 saturated carbocycles. The highest BCUT2D eigenvalue weighted by Crippen LogP contribution is 2.42. The summed E-state index contributed by atoms with van der Waals surface area (Å²) in [5, 5.41) is 11.3.